The number of rotatable bonds is 2. The van der Waals surface area contributed by atoms with Crippen molar-refractivity contribution in [2.45, 2.75) is 57.7 Å². The van der Waals surface area contributed by atoms with E-state index in [2.05, 4.69) is 9.97 Å². The highest BCUT2D eigenvalue weighted by atomic mass is 19.3. The molecule has 1 aromatic rings. The molecule has 1 aromatic heterocycles. The first kappa shape index (κ1) is 16.6. The molecule has 2 saturated heterocycles. The third kappa shape index (κ3) is 3.19. The topological polar surface area (TPSA) is 47.5 Å². The van der Waals surface area contributed by atoms with E-state index in [1.165, 1.54) is 0 Å². The van der Waals surface area contributed by atoms with Crippen LogP contribution in [0.2, 0.25) is 0 Å². The molecule has 23 heavy (non-hydrogen) atoms. The van der Waals surface area contributed by atoms with Gasteiger partial charge < -0.3 is 14.2 Å². The van der Waals surface area contributed by atoms with Gasteiger partial charge in [0.1, 0.15) is 0 Å². The van der Waals surface area contributed by atoms with Gasteiger partial charge in [0.25, 0.3) is 5.92 Å². The first-order valence-electron chi connectivity index (χ1n) is 7.90. The van der Waals surface area contributed by atoms with Crippen LogP contribution in [0.5, 0.6) is 0 Å². The number of hydrogen-bond donors (Lipinski definition) is 0. The fraction of sp³-hybridized carbons (Fsp3) is 0.733. The molecule has 0 saturated carbocycles. The van der Waals surface area contributed by atoms with Crippen molar-refractivity contribution in [2.75, 3.05) is 18.0 Å². The Hall–Kier alpha value is -1.28. The molecule has 3 heterocycles. The van der Waals surface area contributed by atoms with Crippen LogP contribution in [0.25, 0.3) is 0 Å². The number of aromatic nitrogens is 2. The summed E-state index contributed by atoms with van der Waals surface area (Å²) in [6.07, 6.45) is 2.99. The van der Waals surface area contributed by atoms with Gasteiger partial charge in [-0.05, 0) is 27.7 Å². The SMILES string of the molecule is CC1(C)OB(c2cnc(N3CCC(F)(F)CC3)nc2)OC1(C)C. The fourth-order valence-electron chi connectivity index (χ4n) is 2.63. The Morgan fingerprint density at radius 1 is 1.00 bits per heavy atom. The second kappa shape index (κ2) is 5.38. The summed E-state index contributed by atoms with van der Waals surface area (Å²) in [7, 11) is -0.514. The van der Waals surface area contributed by atoms with Crippen molar-refractivity contribution in [3.8, 4) is 0 Å². The number of alkyl halides is 2. The van der Waals surface area contributed by atoms with Gasteiger partial charge >= 0.3 is 7.12 Å². The van der Waals surface area contributed by atoms with Crippen LogP contribution in [0.15, 0.2) is 12.4 Å². The predicted molar refractivity (Wildman–Crippen MR) is 84.1 cm³/mol. The zero-order valence-electron chi connectivity index (χ0n) is 14.0. The lowest BCUT2D eigenvalue weighted by atomic mass is 9.81. The average Bonchev–Trinajstić information content (AvgIpc) is 2.68. The van der Waals surface area contributed by atoms with Gasteiger partial charge in [0.05, 0.1) is 11.2 Å². The van der Waals surface area contributed by atoms with E-state index < -0.39 is 24.2 Å². The van der Waals surface area contributed by atoms with E-state index in [9.17, 15) is 8.78 Å². The molecular formula is C15H22BF2N3O2. The minimum absolute atomic E-state index is 0.157. The molecule has 2 fully saturated rings. The molecule has 0 aliphatic carbocycles. The van der Waals surface area contributed by atoms with Gasteiger partial charge in [0.15, 0.2) is 0 Å². The second-order valence-corrected chi connectivity index (χ2v) is 7.25. The van der Waals surface area contributed by atoms with E-state index in [1.807, 2.05) is 27.7 Å². The van der Waals surface area contributed by atoms with E-state index in [1.54, 1.807) is 17.3 Å². The number of halogens is 2. The lowest BCUT2D eigenvalue weighted by Crippen LogP contribution is -2.41. The average molecular weight is 325 g/mol. The Balaban J connectivity index is 1.69. The molecule has 0 aromatic carbocycles. The van der Waals surface area contributed by atoms with Gasteiger partial charge in [-0.2, -0.15) is 0 Å². The molecule has 8 heteroatoms. The molecule has 2 aliphatic rings. The molecule has 0 atom stereocenters. The molecule has 5 nitrogen and oxygen atoms in total. The third-order valence-electron chi connectivity index (χ3n) is 4.96. The van der Waals surface area contributed by atoms with E-state index in [0.717, 1.165) is 5.46 Å². The lowest BCUT2D eigenvalue weighted by Gasteiger charge is -2.32. The molecule has 3 rings (SSSR count). The largest absolute Gasteiger partial charge is 0.498 e. The molecule has 0 amide bonds. The van der Waals surface area contributed by atoms with Crippen molar-refractivity contribution in [1.29, 1.82) is 0 Å². The summed E-state index contributed by atoms with van der Waals surface area (Å²) in [6, 6.07) is 0. The zero-order chi connectivity index (χ0) is 16.9. The predicted octanol–water partition coefficient (Wildman–Crippen LogP) is 2.01. The van der Waals surface area contributed by atoms with Crippen LogP contribution in [0.1, 0.15) is 40.5 Å². The fourth-order valence-corrected chi connectivity index (χ4v) is 2.63. The molecule has 0 N–H and O–H groups in total. The minimum Gasteiger partial charge on any atom is -0.399 e. The number of piperidine rings is 1. The Morgan fingerprint density at radius 2 is 1.48 bits per heavy atom. The highest BCUT2D eigenvalue weighted by Gasteiger charge is 2.52. The zero-order valence-corrected chi connectivity index (χ0v) is 14.0. The van der Waals surface area contributed by atoms with Gasteiger partial charge in [-0.3, -0.25) is 0 Å². The van der Waals surface area contributed by atoms with Gasteiger partial charge in [0.2, 0.25) is 5.95 Å². The number of anilines is 1. The molecule has 0 radical (unpaired) electrons. The van der Waals surface area contributed by atoms with Gasteiger partial charge in [-0.1, -0.05) is 0 Å². The van der Waals surface area contributed by atoms with E-state index >= 15 is 0 Å². The number of hydrogen-bond acceptors (Lipinski definition) is 5. The second-order valence-electron chi connectivity index (χ2n) is 7.25. The first-order valence-corrected chi connectivity index (χ1v) is 7.90. The summed E-state index contributed by atoms with van der Waals surface area (Å²) in [6.45, 7) is 8.46. The van der Waals surface area contributed by atoms with Crippen molar-refractivity contribution < 1.29 is 18.1 Å². The summed E-state index contributed by atoms with van der Waals surface area (Å²) in [5.41, 5.74) is -0.112. The van der Waals surface area contributed by atoms with Crippen LogP contribution >= 0.6 is 0 Å². The van der Waals surface area contributed by atoms with E-state index in [-0.39, 0.29) is 25.9 Å². The maximum Gasteiger partial charge on any atom is 0.498 e. The lowest BCUT2D eigenvalue weighted by molar-refractivity contribution is -0.0222. The monoisotopic (exact) mass is 325 g/mol. The van der Waals surface area contributed by atoms with Crippen LogP contribution in [0.4, 0.5) is 14.7 Å². The molecule has 126 valence electrons. The van der Waals surface area contributed by atoms with Gasteiger partial charge in [0, 0.05) is 43.8 Å². The maximum atomic E-state index is 13.2. The summed E-state index contributed by atoms with van der Waals surface area (Å²) >= 11 is 0. The molecule has 0 unspecified atom stereocenters. The maximum absolute atomic E-state index is 13.2. The van der Waals surface area contributed by atoms with Crippen LogP contribution in [-0.2, 0) is 9.31 Å². The molecule has 2 aliphatic heterocycles. The van der Waals surface area contributed by atoms with Crippen LogP contribution < -0.4 is 10.4 Å². The Morgan fingerprint density at radius 3 is 1.96 bits per heavy atom. The van der Waals surface area contributed by atoms with Crippen molar-refractivity contribution in [3.63, 3.8) is 0 Å². The number of nitrogens with zero attached hydrogens (tertiary/aromatic N) is 3. The van der Waals surface area contributed by atoms with Crippen molar-refractivity contribution in [1.82, 2.24) is 9.97 Å². The smallest absolute Gasteiger partial charge is 0.399 e. The molecule has 0 spiro atoms. The quantitative estimate of drug-likeness (QED) is 0.779. The summed E-state index contributed by atoms with van der Waals surface area (Å²) in [5.74, 6) is -2.10. The van der Waals surface area contributed by atoms with Crippen molar-refractivity contribution in [2.24, 2.45) is 0 Å². The van der Waals surface area contributed by atoms with Crippen molar-refractivity contribution in [3.05, 3.63) is 12.4 Å². The van der Waals surface area contributed by atoms with E-state index in [4.69, 9.17) is 9.31 Å². The Labute approximate surface area is 135 Å². The Kier molecular flexibility index (Phi) is 3.88. The summed E-state index contributed by atoms with van der Waals surface area (Å²) < 4.78 is 38.3. The minimum atomic E-state index is -2.57. The third-order valence-corrected chi connectivity index (χ3v) is 4.96. The van der Waals surface area contributed by atoms with Crippen molar-refractivity contribution >= 4 is 18.5 Å². The van der Waals surface area contributed by atoms with Gasteiger partial charge in [-0.15, -0.1) is 0 Å². The normalized spacial score (nSPS) is 25.7. The molecule has 0 bridgehead atoms. The summed E-state index contributed by atoms with van der Waals surface area (Å²) in [4.78, 5) is 10.4. The first-order chi connectivity index (χ1) is 10.6. The highest BCUT2D eigenvalue weighted by molar-refractivity contribution is 6.61. The molecular weight excluding hydrogens is 303 g/mol. The standard InChI is InChI=1S/C15H22BF2N3O2/c1-13(2)14(3,4)23-16(22-13)11-9-19-12(20-10-11)21-7-5-15(17,18)6-8-21/h9-10H,5-8H2,1-4H3. The van der Waals surface area contributed by atoms with Crippen LogP contribution in [0, 0.1) is 0 Å². The Bertz CT molecular complexity index is 555. The summed E-state index contributed by atoms with van der Waals surface area (Å²) in [5, 5.41) is 0. The van der Waals surface area contributed by atoms with E-state index in [0.29, 0.717) is 5.95 Å². The van der Waals surface area contributed by atoms with Gasteiger partial charge in [-0.25, -0.2) is 18.7 Å². The van der Waals surface area contributed by atoms with Crippen LogP contribution in [0.3, 0.4) is 0 Å². The van der Waals surface area contributed by atoms with Crippen LogP contribution in [-0.4, -0.2) is 47.3 Å². The highest BCUT2D eigenvalue weighted by Crippen LogP contribution is 2.36.